The van der Waals surface area contributed by atoms with Gasteiger partial charge in [0.15, 0.2) is 12.0 Å². The second-order valence-electron chi connectivity index (χ2n) is 8.04. The number of nitrogens with zero attached hydrogens (tertiary/aromatic N) is 9. The highest BCUT2D eigenvalue weighted by Crippen LogP contribution is 2.23. The third-order valence-electron chi connectivity index (χ3n) is 4.89. The second kappa shape index (κ2) is 10.2. The normalized spacial score (nSPS) is 10.8. The van der Waals surface area contributed by atoms with Crippen LogP contribution in [0.2, 0.25) is 0 Å². The predicted molar refractivity (Wildman–Crippen MR) is 138 cm³/mol. The summed E-state index contributed by atoms with van der Waals surface area (Å²) < 4.78 is 3.16. The number of aromatic nitrogens is 6. The lowest BCUT2D eigenvalue weighted by molar-refractivity contribution is 0.0777. The number of anilines is 2. The highest BCUT2D eigenvalue weighted by atomic mass is 32.1. The average Bonchev–Trinajstić information content (AvgIpc) is 3.59. The first kappa shape index (κ1) is 24.3. The van der Waals surface area contributed by atoms with E-state index in [4.69, 9.17) is 0 Å². The van der Waals surface area contributed by atoms with Crippen LogP contribution in [0.1, 0.15) is 26.5 Å². The largest absolute Gasteiger partial charge is 0.353 e. The Morgan fingerprint density at radius 1 is 0.886 bits per heavy atom. The number of imidazole rings is 2. The van der Waals surface area contributed by atoms with Gasteiger partial charge in [-0.15, -0.1) is 10.2 Å². The van der Waals surface area contributed by atoms with Crippen LogP contribution in [-0.4, -0.2) is 81.5 Å². The van der Waals surface area contributed by atoms with Gasteiger partial charge in [0.25, 0.3) is 5.91 Å². The highest BCUT2D eigenvalue weighted by Gasteiger charge is 2.20. The smallest absolute Gasteiger partial charge is 0.274 e. The number of carbonyl (C=O) groups excluding carboxylic acids is 2. The molecule has 0 saturated heterocycles. The fourth-order valence-corrected chi connectivity index (χ4v) is 4.70. The molecule has 35 heavy (non-hydrogen) atoms. The van der Waals surface area contributed by atoms with E-state index in [2.05, 4.69) is 20.2 Å². The minimum absolute atomic E-state index is 0.0908. The Kier molecular flexibility index (Phi) is 7.07. The number of hydrogen-bond donors (Lipinski definition) is 0. The fraction of sp³-hybridized carbons (Fsp3) is 0.273. The molecule has 0 bridgehead atoms. The van der Waals surface area contributed by atoms with Crippen LogP contribution in [0, 0.1) is 0 Å². The molecule has 0 fully saturated rings. The molecule has 5 rings (SSSR count). The Balaban J connectivity index is 0.000000189. The molecule has 0 aliphatic carbocycles. The van der Waals surface area contributed by atoms with E-state index in [1.807, 2.05) is 68.3 Å². The molecule has 0 atom stereocenters. The Morgan fingerprint density at radius 2 is 1.46 bits per heavy atom. The van der Waals surface area contributed by atoms with Gasteiger partial charge in [-0.1, -0.05) is 53.0 Å². The van der Waals surface area contributed by atoms with Crippen LogP contribution in [0.15, 0.2) is 42.7 Å². The molecule has 4 aromatic heterocycles. The van der Waals surface area contributed by atoms with Crippen molar-refractivity contribution >= 4 is 55.1 Å². The molecule has 5 aromatic rings. The van der Waals surface area contributed by atoms with Crippen LogP contribution in [0.3, 0.4) is 0 Å². The van der Waals surface area contributed by atoms with E-state index in [-0.39, 0.29) is 5.91 Å². The number of hydrogen-bond acceptors (Lipinski definition) is 10. The minimum Gasteiger partial charge on any atom is -0.353 e. The van der Waals surface area contributed by atoms with Gasteiger partial charge in [-0.05, 0) is 5.56 Å². The molecule has 0 saturated carbocycles. The highest BCUT2D eigenvalue weighted by molar-refractivity contribution is 7.20. The summed E-state index contributed by atoms with van der Waals surface area (Å²) in [4.78, 5) is 38.4. The van der Waals surface area contributed by atoms with Crippen molar-refractivity contribution in [3.8, 4) is 0 Å². The summed E-state index contributed by atoms with van der Waals surface area (Å²) in [6, 6.07) is 9.90. The summed E-state index contributed by atoms with van der Waals surface area (Å²) in [5, 5.41) is 10.3. The van der Waals surface area contributed by atoms with Gasteiger partial charge in [-0.2, -0.15) is 9.03 Å². The van der Waals surface area contributed by atoms with E-state index in [1.54, 1.807) is 27.2 Å². The van der Waals surface area contributed by atoms with Gasteiger partial charge in [0, 0.05) is 41.8 Å². The van der Waals surface area contributed by atoms with Gasteiger partial charge in [-0.3, -0.25) is 9.59 Å². The van der Waals surface area contributed by atoms with Gasteiger partial charge in [0.1, 0.15) is 5.69 Å². The van der Waals surface area contributed by atoms with Crippen molar-refractivity contribution in [1.29, 1.82) is 0 Å². The maximum absolute atomic E-state index is 12.6. The number of amides is 1. The second-order valence-corrected chi connectivity index (χ2v) is 9.91. The zero-order valence-corrected chi connectivity index (χ0v) is 21.6. The molecule has 0 aliphatic heterocycles. The number of rotatable bonds is 6. The van der Waals surface area contributed by atoms with E-state index in [0.717, 1.165) is 32.0 Å². The van der Waals surface area contributed by atoms with Crippen molar-refractivity contribution in [3.05, 3.63) is 59.7 Å². The van der Waals surface area contributed by atoms with Crippen LogP contribution in [0.4, 0.5) is 10.3 Å². The monoisotopic (exact) mass is 511 g/mol. The zero-order chi connectivity index (χ0) is 25.1. The Bertz CT molecular complexity index is 1450. The molecule has 4 heterocycles. The van der Waals surface area contributed by atoms with Gasteiger partial charge < -0.3 is 14.7 Å². The maximum Gasteiger partial charge on any atom is 0.274 e. The summed E-state index contributed by atoms with van der Waals surface area (Å²) in [5.41, 5.74) is 2.06. The topological polar surface area (TPSA) is 104 Å². The molecular weight excluding hydrogens is 486 g/mol. The predicted octanol–water partition coefficient (Wildman–Crippen LogP) is 2.80. The fourth-order valence-electron chi connectivity index (χ4n) is 3.09. The van der Waals surface area contributed by atoms with E-state index < -0.39 is 0 Å². The summed E-state index contributed by atoms with van der Waals surface area (Å²) >= 11 is 2.90. The lowest BCUT2D eigenvalue weighted by Gasteiger charge is -2.16. The van der Waals surface area contributed by atoms with Crippen LogP contribution in [-0.2, 0) is 6.54 Å². The molecule has 0 aliphatic rings. The van der Waals surface area contributed by atoms with Crippen LogP contribution in [0.25, 0.3) is 9.92 Å². The van der Waals surface area contributed by atoms with Crippen molar-refractivity contribution in [2.24, 2.45) is 0 Å². The molecule has 0 spiro atoms. The number of benzene rings is 1. The standard InChI is InChI=1S/C15H17N5OS.C7H8N4OS/c1-18(2)15-17-20-12(9-16-14(20)22-15)13(21)19(3)10-11-7-5-4-6-8-11;1-10(2)7-9-11-5(4-12)3-8-6(11)13-7/h4-9H,10H2,1-3H3;3-4H,1-2H3. The van der Waals surface area contributed by atoms with Crippen molar-refractivity contribution < 1.29 is 9.59 Å². The summed E-state index contributed by atoms with van der Waals surface area (Å²) in [6.45, 7) is 0.553. The molecule has 11 nitrogen and oxygen atoms in total. The number of aldehydes is 1. The summed E-state index contributed by atoms with van der Waals surface area (Å²) in [5.74, 6) is -0.0908. The first-order chi connectivity index (χ1) is 16.8. The van der Waals surface area contributed by atoms with Crippen molar-refractivity contribution in [1.82, 2.24) is 34.1 Å². The molecule has 0 radical (unpaired) electrons. The Labute approximate surface area is 209 Å². The average molecular weight is 512 g/mol. The third kappa shape index (κ3) is 5.15. The zero-order valence-electron chi connectivity index (χ0n) is 20.0. The number of carbonyl (C=O) groups is 2. The minimum atomic E-state index is -0.0908. The van der Waals surface area contributed by atoms with Crippen molar-refractivity contribution in [3.63, 3.8) is 0 Å². The van der Waals surface area contributed by atoms with Crippen LogP contribution >= 0.6 is 22.7 Å². The van der Waals surface area contributed by atoms with Gasteiger partial charge in [0.2, 0.25) is 20.2 Å². The van der Waals surface area contributed by atoms with E-state index in [1.165, 1.54) is 28.9 Å². The van der Waals surface area contributed by atoms with E-state index in [0.29, 0.717) is 17.9 Å². The van der Waals surface area contributed by atoms with E-state index >= 15 is 0 Å². The lowest BCUT2D eigenvalue weighted by Crippen LogP contribution is -2.27. The lowest BCUT2D eigenvalue weighted by atomic mass is 10.2. The molecular formula is C22H25N9O2S2. The molecule has 0 N–H and O–H groups in total. The quantitative estimate of drug-likeness (QED) is 0.321. The van der Waals surface area contributed by atoms with E-state index in [9.17, 15) is 9.59 Å². The first-order valence-corrected chi connectivity index (χ1v) is 12.2. The molecule has 182 valence electrons. The van der Waals surface area contributed by atoms with Gasteiger partial charge in [0.05, 0.1) is 12.4 Å². The van der Waals surface area contributed by atoms with Crippen LogP contribution in [0.5, 0.6) is 0 Å². The Morgan fingerprint density at radius 3 is 2.06 bits per heavy atom. The van der Waals surface area contributed by atoms with Crippen LogP contribution < -0.4 is 9.80 Å². The summed E-state index contributed by atoms with van der Waals surface area (Å²) in [7, 11) is 9.42. The molecule has 0 unspecified atom stereocenters. The maximum atomic E-state index is 12.6. The molecule has 1 aromatic carbocycles. The van der Waals surface area contributed by atoms with Crippen molar-refractivity contribution in [2.45, 2.75) is 6.54 Å². The SMILES string of the molecule is CN(C)c1nn2c(C=O)cnc2s1.CN(Cc1ccccc1)C(=O)c1cnc2sc(N(C)C)nn12. The van der Waals surface area contributed by atoms with Gasteiger partial charge in [-0.25, -0.2) is 9.97 Å². The van der Waals surface area contributed by atoms with Crippen molar-refractivity contribution in [2.75, 3.05) is 45.0 Å². The molecule has 1 amide bonds. The summed E-state index contributed by atoms with van der Waals surface area (Å²) in [6.07, 6.45) is 3.85. The number of fused-ring (bicyclic) bond motifs is 2. The third-order valence-corrected chi connectivity index (χ3v) is 7.07. The first-order valence-electron chi connectivity index (χ1n) is 10.6. The molecule has 13 heteroatoms. The Hall–Kier alpha value is -3.84. The van der Waals surface area contributed by atoms with Gasteiger partial charge >= 0.3 is 0 Å².